The van der Waals surface area contributed by atoms with Crippen molar-refractivity contribution in [3.63, 3.8) is 0 Å². The van der Waals surface area contributed by atoms with Crippen molar-refractivity contribution >= 4 is 23.5 Å². The molecule has 2 fully saturated rings. The third kappa shape index (κ3) is 2.96. The van der Waals surface area contributed by atoms with Crippen LogP contribution in [0, 0.1) is 0 Å². The molecule has 0 amide bonds. The number of hydrogen-bond donors (Lipinski definition) is 1. The molecule has 1 N–H and O–H groups in total. The second-order valence-electron chi connectivity index (χ2n) is 5.39. The van der Waals surface area contributed by atoms with Crippen LogP contribution in [-0.2, 0) is 0 Å². The first-order valence-corrected chi connectivity index (χ1v) is 7.78. The van der Waals surface area contributed by atoms with Gasteiger partial charge in [0.2, 0.25) is 17.2 Å². The molecule has 0 spiro atoms. The van der Waals surface area contributed by atoms with Crippen molar-refractivity contribution in [2.24, 2.45) is 0 Å². The minimum absolute atomic E-state index is 0.262. The first kappa shape index (κ1) is 13.8. The summed E-state index contributed by atoms with van der Waals surface area (Å²) in [7, 11) is 0. The van der Waals surface area contributed by atoms with E-state index in [-0.39, 0.29) is 5.28 Å². The Hall–Kier alpha value is -1.14. The van der Waals surface area contributed by atoms with Gasteiger partial charge >= 0.3 is 0 Å². The predicted molar refractivity (Wildman–Crippen MR) is 80.4 cm³/mol. The maximum absolute atomic E-state index is 6.02. The number of nitrogens with zero attached hydrogens (tertiary/aromatic N) is 5. The SMILES string of the molecule is CCNc1nc(Cl)nc(N2CCCN3CCCC3C2)n1. The molecule has 6 nitrogen and oxygen atoms in total. The zero-order chi connectivity index (χ0) is 13.9. The van der Waals surface area contributed by atoms with Crippen LogP contribution in [0.5, 0.6) is 0 Å². The van der Waals surface area contributed by atoms with E-state index in [9.17, 15) is 0 Å². The van der Waals surface area contributed by atoms with Gasteiger partial charge < -0.3 is 10.2 Å². The van der Waals surface area contributed by atoms with Crippen LogP contribution in [-0.4, -0.2) is 58.6 Å². The summed E-state index contributed by atoms with van der Waals surface area (Å²) < 4.78 is 0. The van der Waals surface area contributed by atoms with E-state index in [0.717, 1.165) is 26.1 Å². The summed E-state index contributed by atoms with van der Waals surface area (Å²) in [5.41, 5.74) is 0. The Kier molecular flexibility index (Phi) is 4.21. The normalized spacial score (nSPS) is 23.5. The molecule has 2 aliphatic rings. The number of aromatic nitrogens is 3. The second-order valence-corrected chi connectivity index (χ2v) is 5.73. The molecule has 0 bridgehead atoms. The summed E-state index contributed by atoms with van der Waals surface area (Å²) in [6.45, 7) is 7.18. The van der Waals surface area contributed by atoms with Crippen molar-refractivity contribution in [1.29, 1.82) is 0 Å². The Balaban J connectivity index is 1.80. The fraction of sp³-hybridized carbons (Fsp3) is 0.769. The Morgan fingerprint density at radius 1 is 1.20 bits per heavy atom. The van der Waals surface area contributed by atoms with Crippen LogP contribution in [0.2, 0.25) is 5.28 Å². The van der Waals surface area contributed by atoms with E-state index >= 15 is 0 Å². The van der Waals surface area contributed by atoms with E-state index in [4.69, 9.17) is 11.6 Å². The molecule has 2 saturated heterocycles. The number of halogens is 1. The van der Waals surface area contributed by atoms with E-state index in [1.807, 2.05) is 6.92 Å². The molecule has 1 aromatic rings. The topological polar surface area (TPSA) is 57.2 Å². The van der Waals surface area contributed by atoms with Gasteiger partial charge in [0.15, 0.2) is 0 Å². The van der Waals surface area contributed by atoms with Gasteiger partial charge in [0.05, 0.1) is 0 Å². The molecule has 1 atom stereocenters. The highest BCUT2D eigenvalue weighted by molar-refractivity contribution is 6.28. The first-order chi connectivity index (χ1) is 9.76. The lowest BCUT2D eigenvalue weighted by Gasteiger charge is -2.25. The summed E-state index contributed by atoms with van der Waals surface area (Å²) in [5.74, 6) is 1.27. The highest BCUT2D eigenvalue weighted by Crippen LogP contribution is 2.24. The molecule has 3 heterocycles. The standard InChI is InChI=1S/C13H21ClN6/c1-2-15-12-16-11(14)17-13(18-12)20-8-4-7-19-6-3-5-10(19)9-20/h10H,2-9H2,1H3,(H,15,16,17,18). The second kappa shape index (κ2) is 6.10. The lowest BCUT2D eigenvalue weighted by Crippen LogP contribution is -2.37. The van der Waals surface area contributed by atoms with Crippen LogP contribution < -0.4 is 10.2 Å². The fourth-order valence-corrected chi connectivity index (χ4v) is 3.26. The molecule has 7 heteroatoms. The van der Waals surface area contributed by atoms with Gasteiger partial charge in [0.25, 0.3) is 0 Å². The summed E-state index contributed by atoms with van der Waals surface area (Å²) in [6, 6.07) is 0.635. The number of hydrogen-bond acceptors (Lipinski definition) is 6. The summed E-state index contributed by atoms with van der Waals surface area (Å²) >= 11 is 6.02. The highest BCUT2D eigenvalue weighted by atomic mass is 35.5. The molecular weight excluding hydrogens is 276 g/mol. The van der Waals surface area contributed by atoms with Gasteiger partial charge in [-0.15, -0.1) is 0 Å². The molecule has 2 aliphatic heterocycles. The van der Waals surface area contributed by atoms with E-state index < -0.39 is 0 Å². The molecule has 0 aliphatic carbocycles. The third-order valence-corrected chi connectivity index (χ3v) is 4.19. The quantitative estimate of drug-likeness (QED) is 0.915. The molecule has 110 valence electrons. The lowest BCUT2D eigenvalue weighted by atomic mass is 10.2. The summed E-state index contributed by atoms with van der Waals surface area (Å²) in [4.78, 5) is 17.7. The van der Waals surface area contributed by atoms with E-state index in [0.29, 0.717) is 17.9 Å². The zero-order valence-corrected chi connectivity index (χ0v) is 12.6. The predicted octanol–water partition coefficient (Wildman–Crippen LogP) is 1.63. The van der Waals surface area contributed by atoms with Crippen molar-refractivity contribution in [2.45, 2.75) is 32.2 Å². The number of fused-ring (bicyclic) bond motifs is 1. The zero-order valence-electron chi connectivity index (χ0n) is 11.8. The smallest absolute Gasteiger partial charge is 0.231 e. The monoisotopic (exact) mass is 296 g/mol. The van der Waals surface area contributed by atoms with Crippen molar-refractivity contribution < 1.29 is 0 Å². The molecule has 0 saturated carbocycles. The summed E-state index contributed by atoms with van der Waals surface area (Å²) in [6.07, 6.45) is 3.73. The Labute approximate surface area is 124 Å². The molecule has 1 unspecified atom stereocenters. The van der Waals surface area contributed by atoms with Crippen LogP contribution in [0.3, 0.4) is 0 Å². The molecule has 0 radical (unpaired) electrons. The van der Waals surface area contributed by atoms with Gasteiger partial charge in [-0.05, 0) is 44.3 Å². The molecule has 1 aromatic heterocycles. The van der Waals surface area contributed by atoms with E-state index in [1.54, 1.807) is 0 Å². The Morgan fingerprint density at radius 2 is 2.05 bits per heavy atom. The molecule has 0 aromatic carbocycles. The third-order valence-electron chi connectivity index (χ3n) is 4.02. The van der Waals surface area contributed by atoms with Crippen LogP contribution in [0.15, 0.2) is 0 Å². The summed E-state index contributed by atoms with van der Waals surface area (Å²) in [5, 5.41) is 3.37. The minimum atomic E-state index is 0.262. The Morgan fingerprint density at radius 3 is 2.90 bits per heavy atom. The number of anilines is 2. The highest BCUT2D eigenvalue weighted by Gasteiger charge is 2.29. The van der Waals surface area contributed by atoms with Crippen LogP contribution >= 0.6 is 11.6 Å². The van der Waals surface area contributed by atoms with Gasteiger partial charge in [-0.1, -0.05) is 0 Å². The van der Waals surface area contributed by atoms with Gasteiger partial charge in [0, 0.05) is 32.2 Å². The van der Waals surface area contributed by atoms with Gasteiger partial charge in [-0.25, -0.2) is 0 Å². The van der Waals surface area contributed by atoms with Gasteiger partial charge in [-0.2, -0.15) is 15.0 Å². The molecule has 3 rings (SSSR count). The van der Waals surface area contributed by atoms with Crippen LogP contribution in [0.1, 0.15) is 26.2 Å². The maximum atomic E-state index is 6.02. The maximum Gasteiger partial charge on any atom is 0.231 e. The van der Waals surface area contributed by atoms with E-state index in [1.165, 1.54) is 25.9 Å². The Bertz CT molecular complexity index is 468. The van der Waals surface area contributed by atoms with Crippen LogP contribution in [0.4, 0.5) is 11.9 Å². The van der Waals surface area contributed by atoms with Crippen molar-refractivity contribution in [3.05, 3.63) is 5.28 Å². The number of nitrogens with one attached hydrogen (secondary N) is 1. The van der Waals surface area contributed by atoms with Crippen molar-refractivity contribution in [3.8, 4) is 0 Å². The van der Waals surface area contributed by atoms with Gasteiger partial charge in [0.1, 0.15) is 0 Å². The van der Waals surface area contributed by atoms with Crippen molar-refractivity contribution in [2.75, 3.05) is 42.9 Å². The van der Waals surface area contributed by atoms with Gasteiger partial charge in [-0.3, -0.25) is 4.90 Å². The fourth-order valence-electron chi connectivity index (χ4n) is 3.11. The van der Waals surface area contributed by atoms with Crippen molar-refractivity contribution in [1.82, 2.24) is 19.9 Å². The lowest BCUT2D eigenvalue weighted by molar-refractivity contribution is 0.273. The first-order valence-electron chi connectivity index (χ1n) is 7.40. The largest absolute Gasteiger partial charge is 0.354 e. The van der Waals surface area contributed by atoms with E-state index in [2.05, 4.69) is 30.1 Å². The minimum Gasteiger partial charge on any atom is -0.354 e. The average Bonchev–Trinajstić information content (AvgIpc) is 2.75. The number of rotatable bonds is 3. The van der Waals surface area contributed by atoms with Crippen LogP contribution in [0.25, 0.3) is 0 Å². The molecular formula is C13H21ClN6. The average molecular weight is 297 g/mol. The molecule has 20 heavy (non-hydrogen) atoms.